The summed E-state index contributed by atoms with van der Waals surface area (Å²) >= 11 is 5.90. The van der Waals surface area contributed by atoms with Gasteiger partial charge in [0.05, 0.1) is 10.7 Å². The summed E-state index contributed by atoms with van der Waals surface area (Å²) in [5.41, 5.74) is 2.36. The summed E-state index contributed by atoms with van der Waals surface area (Å²) in [6.07, 6.45) is 0. The Morgan fingerprint density at radius 1 is 1.30 bits per heavy atom. The fourth-order valence-corrected chi connectivity index (χ4v) is 2.02. The zero-order valence-electron chi connectivity index (χ0n) is 11.4. The van der Waals surface area contributed by atoms with Crippen molar-refractivity contribution in [2.45, 2.75) is 20.1 Å². The second-order valence-electron chi connectivity index (χ2n) is 4.43. The lowest BCUT2D eigenvalue weighted by Gasteiger charge is -2.12. The molecule has 1 N–H and O–H groups in total. The number of nitrogens with zero attached hydrogens (tertiary/aromatic N) is 1. The summed E-state index contributed by atoms with van der Waals surface area (Å²) in [4.78, 5) is 4.42. The highest BCUT2D eigenvalue weighted by Gasteiger charge is 2.09. The highest BCUT2D eigenvalue weighted by molar-refractivity contribution is 6.31. The number of aryl methyl sites for hydroxylation is 1. The van der Waals surface area contributed by atoms with Crippen LogP contribution in [-0.2, 0) is 13.2 Å². The molecule has 0 radical (unpaired) electrons. The summed E-state index contributed by atoms with van der Waals surface area (Å²) in [7, 11) is 1.84. The average molecular weight is 295 g/mol. The Labute approximate surface area is 122 Å². The number of ether oxygens (including phenoxy) is 1. The van der Waals surface area contributed by atoms with Crippen LogP contribution in [0.5, 0.6) is 5.75 Å². The fraction of sp³-hybridized carbons (Fsp3) is 0.267. The Morgan fingerprint density at radius 3 is 2.85 bits per heavy atom. The minimum absolute atomic E-state index is 0.0998. The Bertz CT molecular complexity index is 604. The van der Waals surface area contributed by atoms with E-state index >= 15 is 0 Å². The van der Waals surface area contributed by atoms with Gasteiger partial charge >= 0.3 is 0 Å². The van der Waals surface area contributed by atoms with Crippen molar-refractivity contribution in [3.8, 4) is 5.75 Å². The first-order valence-corrected chi connectivity index (χ1v) is 6.66. The molecular formula is C15H16ClFN2O. The molecule has 1 aromatic carbocycles. The van der Waals surface area contributed by atoms with Crippen molar-refractivity contribution in [2.75, 3.05) is 7.05 Å². The number of benzene rings is 1. The van der Waals surface area contributed by atoms with E-state index in [0.717, 1.165) is 11.4 Å². The van der Waals surface area contributed by atoms with Gasteiger partial charge in [0.1, 0.15) is 18.2 Å². The van der Waals surface area contributed by atoms with E-state index in [-0.39, 0.29) is 11.6 Å². The van der Waals surface area contributed by atoms with E-state index in [0.29, 0.717) is 17.9 Å². The molecule has 0 saturated heterocycles. The molecule has 0 atom stereocenters. The predicted octanol–water partition coefficient (Wildman–Crippen LogP) is 3.48. The molecule has 1 heterocycles. The Hall–Kier alpha value is -1.65. The molecule has 0 aliphatic heterocycles. The summed E-state index contributed by atoms with van der Waals surface area (Å²) < 4.78 is 19.1. The highest BCUT2D eigenvalue weighted by Crippen LogP contribution is 2.23. The molecule has 0 bridgehead atoms. The third-order valence-corrected chi connectivity index (χ3v) is 3.25. The van der Waals surface area contributed by atoms with E-state index in [2.05, 4.69) is 10.3 Å². The van der Waals surface area contributed by atoms with Crippen molar-refractivity contribution < 1.29 is 9.13 Å². The van der Waals surface area contributed by atoms with Crippen LogP contribution in [0.1, 0.15) is 17.0 Å². The van der Waals surface area contributed by atoms with Crippen LogP contribution in [0, 0.1) is 12.7 Å². The molecular weight excluding hydrogens is 279 g/mol. The van der Waals surface area contributed by atoms with Gasteiger partial charge in [-0.1, -0.05) is 23.7 Å². The summed E-state index contributed by atoms with van der Waals surface area (Å²) in [5, 5.41) is 3.14. The minimum atomic E-state index is -0.440. The average Bonchev–Trinajstić information content (AvgIpc) is 2.42. The maximum atomic E-state index is 13.3. The van der Waals surface area contributed by atoms with Crippen LogP contribution in [0.4, 0.5) is 4.39 Å². The lowest BCUT2D eigenvalue weighted by atomic mass is 10.2. The molecule has 1 aromatic heterocycles. The van der Waals surface area contributed by atoms with Crippen molar-refractivity contribution in [1.82, 2.24) is 10.3 Å². The zero-order valence-corrected chi connectivity index (χ0v) is 12.2. The first-order valence-electron chi connectivity index (χ1n) is 6.28. The third kappa shape index (κ3) is 3.46. The Morgan fingerprint density at radius 2 is 2.10 bits per heavy atom. The van der Waals surface area contributed by atoms with Gasteiger partial charge in [0, 0.05) is 17.8 Å². The topological polar surface area (TPSA) is 34.2 Å². The number of hydrogen-bond donors (Lipinski definition) is 1. The summed E-state index contributed by atoms with van der Waals surface area (Å²) in [6, 6.07) is 8.42. The third-order valence-electron chi connectivity index (χ3n) is 2.83. The van der Waals surface area contributed by atoms with Gasteiger partial charge in [-0.2, -0.15) is 0 Å². The second-order valence-corrected chi connectivity index (χ2v) is 4.81. The van der Waals surface area contributed by atoms with Crippen LogP contribution in [0.15, 0.2) is 30.3 Å². The number of halogens is 2. The monoisotopic (exact) mass is 294 g/mol. The summed E-state index contributed by atoms with van der Waals surface area (Å²) in [5.74, 6) is 0.232. The molecule has 3 nitrogen and oxygen atoms in total. The van der Waals surface area contributed by atoms with Gasteiger partial charge in [-0.3, -0.25) is 4.98 Å². The zero-order chi connectivity index (χ0) is 14.5. The smallest absolute Gasteiger partial charge is 0.142 e. The lowest BCUT2D eigenvalue weighted by molar-refractivity contribution is 0.300. The maximum Gasteiger partial charge on any atom is 0.142 e. The van der Waals surface area contributed by atoms with E-state index in [1.165, 1.54) is 6.07 Å². The van der Waals surface area contributed by atoms with Gasteiger partial charge in [-0.05, 0) is 32.2 Å². The minimum Gasteiger partial charge on any atom is -0.487 e. The predicted molar refractivity (Wildman–Crippen MR) is 77.5 cm³/mol. The largest absolute Gasteiger partial charge is 0.487 e. The van der Waals surface area contributed by atoms with Gasteiger partial charge in [0.15, 0.2) is 0 Å². The van der Waals surface area contributed by atoms with E-state index in [1.807, 2.05) is 26.1 Å². The van der Waals surface area contributed by atoms with Gasteiger partial charge in [0.2, 0.25) is 0 Å². The molecule has 0 saturated carbocycles. The quantitative estimate of drug-likeness (QED) is 0.917. The van der Waals surface area contributed by atoms with Gasteiger partial charge < -0.3 is 10.1 Å². The molecule has 0 amide bonds. The molecule has 106 valence electrons. The molecule has 0 aliphatic carbocycles. The van der Waals surface area contributed by atoms with Gasteiger partial charge in [0.25, 0.3) is 0 Å². The summed E-state index contributed by atoms with van der Waals surface area (Å²) in [6.45, 7) is 2.73. The normalized spacial score (nSPS) is 10.6. The molecule has 0 fully saturated rings. The first kappa shape index (κ1) is 14.8. The Kier molecular flexibility index (Phi) is 4.93. The number of rotatable bonds is 5. The van der Waals surface area contributed by atoms with Crippen LogP contribution in [0.2, 0.25) is 5.02 Å². The molecule has 0 aliphatic rings. The van der Waals surface area contributed by atoms with Crippen molar-refractivity contribution >= 4 is 11.6 Å². The molecule has 0 unspecified atom stereocenters. The lowest BCUT2D eigenvalue weighted by Crippen LogP contribution is -2.10. The molecule has 2 aromatic rings. The fourth-order valence-electron chi connectivity index (χ4n) is 1.84. The van der Waals surface area contributed by atoms with E-state index in [1.54, 1.807) is 12.1 Å². The number of nitrogens with one attached hydrogen (secondary N) is 1. The van der Waals surface area contributed by atoms with Crippen molar-refractivity contribution in [3.05, 3.63) is 58.1 Å². The van der Waals surface area contributed by atoms with E-state index in [9.17, 15) is 4.39 Å². The number of aromatic nitrogens is 1. The number of hydrogen-bond acceptors (Lipinski definition) is 3. The second kappa shape index (κ2) is 6.68. The van der Waals surface area contributed by atoms with E-state index < -0.39 is 5.82 Å². The van der Waals surface area contributed by atoms with Crippen molar-refractivity contribution in [2.24, 2.45) is 0 Å². The van der Waals surface area contributed by atoms with Gasteiger partial charge in [-0.25, -0.2) is 4.39 Å². The van der Waals surface area contributed by atoms with Crippen molar-refractivity contribution in [3.63, 3.8) is 0 Å². The highest BCUT2D eigenvalue weighted by atomic mass is 35.5. The molecule has 0 spiro atoms. The molecule has 20 heavy (non-hydrogen) atoms. The van der Waals surface area contributed by atoms with E-state index in [4.69, 9.17) is 16.3 Å². The first-order chi connectivity index (χ1) is 9.61. The van der Waals surface area contributed by atoms with Gasteiger partial charge in [-0.15, -0.1) is 0 Å². The van der Waals surface area contributed by atoms with Crippen LogP contribution < -0.4 is 10.1 Å². The van der Waals surface area contributed by atoms with Crippen molar-refractivity contribution in [1.29, 1.82) is 0 Å². The molecule has 5 heteroatoms. The number of pyridine rings is 1. The van der Waals surface area contributed by atoms with Crippen LogP contribution in [0.25, 0.3) is 0 Å². The van der Waals surface area contributed by atoms with Crippen LogP contribution in [0.3, 0.4) is 0 Å². The standard InChI is InChI=1S/C15H16ClFN2O/c1-10-6-7-14(13(19-10)8-18-2)20-9-11-4-3-5-12(17)15(11)16/h3-7,18H,8-9H2,1-2H3. The maximum absolute atomic E-state index is 13.3. The van der Waals surface area contributed by atoms with Crippen LogP contribution >= 0.6 is 11.6 Å². The van der Waals surface area contributed by atoms with Crippen LogP contribution in [-0.4, -0.2) is 12.0 Å². The SMILES string of the molecule is CNCc1nc(C)ccc1OCc1cccc(F)c1Cl. The Balaban J connectivity index is 2.16. The molecule has 2 rings (SSSR count).